The maximum atomic E-state index is 14.9. The lowest BCUT2D eigenvalue weighted by atomic mass is 10.1. The Morgan fingerprint density at radius 3 is 2.90 bits per heavy atom. The van der Waals surface area contributed by atoms with E-state index in [2.05, 4.69) is 15.5 Å². The number of oxime groups is 1. The van der Waals surface area contributed by atoms with E-state index in [0.717, 1.165) is 0 Å². The number of hydrogen-bond acceptors (Lipinski definition) is 6. The highest BCUT2D eigenvalue weighted by molar-refractivity contribution is 5.95. The Kier molecular flexibility index (Phi) is 5.15. The first kappa shape index (κ1) is 20.1. The highest BCUT2D eigenvalue weighted by Gasteiger charge is 2.32. The van der Waals surface area contributed by atoms with Gasteiger partial charge in [0, 0.05) is 30.4 Å². The van der Waals surface area contributed by atoms with Crippen molar-refractivity contribution in [1.82, 2.24) is 14.7 Å². The second kappa shape index (κ2) is 7.94. The number of nitrogens with zero attached hydrogens (tertiary/aromatic N) is 4. The van der Waals surface area contributed by atoms with Crippen molar-refractivity contribution in [1.29, 1.82) is 0 Å². The highest BCUT2D eigenvalue weighted by Crippen LogP contribution is 2.29. The molecule has 1 atom stereocenters. The van der Waals surface area contributed by atoms with Crippen molar-refractivity contribution in [3.05, 3.63) is 54.2 Å². The van der Waals surface area contributed by atoms with E-state index in [4.69, 9.17) is 15.7 Å². The SMILES string of the molecule is CC(=O)NC[C@@H]1CN(c2ccc(-c3ccc4nc(/C(N)=N\O)cn4c3)c(F)c2)C(=O)O1. The first-order valence-corrected chi connectivity index (χ1v) is 9.35. The van der Waals surface area contributed by atoms with Gasteiger partial charge in [-0.15, -0.1) is 0 Å². The normalized spacial score (nSPS) is 16.6. The number of aromatic nitrogens is 2. The Morgan fingerprint density at radius 2 is 2.19 bits per heavy atom. The van der Waals surface area contributed by atoms with E-state index in [9.17, 15) is 14.0 Å². The van der Waals surface area contributed by atoms with Crippen molar-refractivity contribution in [2.45, 2.75) is 13.0 Å². The Bertz CT molecular complexity index is 1210. The number of benzene rings is 1. The van der Waals surface area contributed by atoms with Crippen LogP contribution in [0, 0.1) is 5.82 Å². The molecule has 4 rings (SSSR count). The van der Waals surface area contributed by atoms with Crippen molar-refractivity contribution in [2.24, 2.45) is 10.9 Å². The van der Waals surface area contributed by atoms with Gasteiger partial charge in [-0.2, -0.15) is 0 Å². The summed E-state index contributed by atoms with van der Waals surface area (Å²) in [6.45, 7) is 1.77. The zero-order valence-corrected chi connectivity index (χ0v) is 16.4. The van der Waals surface area contributed by atoms with Gasteiger partial charge in [0.2, 0.25) is 5.91 Å². The van der Waals surface area contributed by atoms with Crippen LogP contribution in [0.3, 0.4) is 0 Å². The molecule has 11 heteroatoms. The van der Waals surface area contributed by atoms with Gasteiger partial charge in [0.15, 0.2) is 5.84 Å². The van der Waals surface area contributed by atoms with Crippen LogP contribution in [0.25, 0.3) is 16.8 Å². The van der Waals surface area contributed by atoms with E-state index in [1.165, 1.54) is 17.9 Å². The number of cyclic esters (lactones) is 1. The molecule has 0 radical (unpaired) electrons. The average Bonchev–Trinajstić information content (AvgIpc) is 3.34. The Morgan fingerprint density at radius 1 is 1.39 bits per heavy atom. The minimum Gasteiger partial charge on any atom is -0.442 e. The summed E-state index contributed by atoms with van der Waals surface area (Å²) in [6.07, 6.45) is 2.13. The first-order chi connectivity index (χ1) is 14.9. The van der Waals surface area contributed by atoms with Gasteiger partial charge in [0.25, 0.3) is 0 Å². The van der Waals surface area contributed by atoms with Crippen LogP contribution < -0.4 is 16.0 Å². The monoisotopic (exact) mass is 426 g/mol. The first-order valence-electron chi connectivity index (χ1n) is 9.35. The Hall–Kier alpha value is -4.15. The molecule has 4 N–H and O–H groups in total. The van der Waals surface area contributed by atoms with Crippen molar-refractivity contribution >= 4 is 29.2 Å². The molecule has 2 amide bonds. The van der Waals surface area contributed by atoms with Crippen LogP contribution >= 0.6 is 0 Å². The molecular weight excluding hydrogens is 407 g/mol. The molecule has 1 aliphatic heterocycles. The highest BCUT2D eigenvalue weighted by atomic mass is 19.1. The number of rotatable bonds is 5. The van der Waals surface area contributed by atoms with Gasteiger partial charge in [0.05, 0.1) is 18.8 Å². The van der Waals surface area contributed by atoms with E-state index in [1.54, 1.807) is 41.1 Å². The lowest BCUT2D eigenvalue weighted by Crippen LogP contribution is -2.33. The minimum atomic E-state index is -0.599. The van der Waals surface area contributed by atoms with Crippen molar-refractivity contribution < 1.29 is 23.9 Å². The lowest BCUT2D eigenvalue weighted by Gasteiger charge is -2.14. The summed E-state index contributed by atoms with van der Waals surface area (Å²) in [5.74, 6) is -0.875. The van der Waals surface area contributed by atoms with Crippen LogP contribution in [-0.4, -0.2) is 51.6 Å². The zero-order valence-electron chi connectivity index (χ0n) is 16.4. The molecule has 2 aromatic heterocycles. The molecule has 1 saturated heterocycles. The third-order valence-corrected chi connectivity index (χ3v) is 4.85. The quantitative estimate of drug-likeness (QED) is 0.246. The molecule has 1 aliphatic rings. The number of amidine groups is 1. The Balaban J connectivity index is 1.58. The molecular formula is C20H19FN6O4. The number of imidazole rings is 1. The number of carbonyl (C=O) groups is 2. The van der Waals surface area contributed by atoms with Gasteiger partial charge >= 0.3 is 6.09 Å². The summed E-state index contributed by atoms with van der Waals surface area (Å²) in [5.41, 5.74) is 7.66. The molecule has 1 aromatic carbocycles. The van der Waals surface area contributed by atoms with Crippen molar-refractivity contribution in [2.75, 3.05) is 18.0 Å². The lowest BCUT2D eigenvalue weighted by molar-refractivity contribution is -0.119. The fraction of sp³-hybridized carbons (Fsp3) is 0.200. The number of amides is 2. The molecule has 0 unspecified atom stereocenters. The van der Waals surface area contributed by atoms with E-state index in [-0.39, 0.29) is 30.5 Å². The number of halogens is 1. The molecule has 0 bridgehead atoms. The van der Waals surface area contributed by atoms with Gasteiger partial charge in [-0.05, 0) is 30.3 Å². The number of pyridine rings is 1. The van der Waals surface area contributed by atoms with Gasteiger partial charge in [-0.25, -0.2) is 14.2 Å². The molecule has 0 aliphatic carbocycles. The number of hydrogen-bond donors (Lipinski definition) is 3. The summed E-state index contributed by atoms with van der Waals surface area (Å²) in [7, 11) is 0. The maximum Gasteiger partial charge on any atom is 0.414 e. The van der Waals surface area contributed by atoms with E-state index in [1.807, 2.05) is 0 Å². The largest absolute Gasteiger partial charge is 0.442 e. The zero-order chi connectivity index (χ0) is 22.1. The Labute approximate surface area is 175 Å². The molecule has 3 heterocycles. The predicted molar refractivity (Wildman–Crippen MR) is 109 cm³/mol. The summed E-state index contributed by atoms with van der Waals surface area (Å²) in [5, 5.41) is 14.3. The van der Waals surface area contributed by atoms with E-state index < -0.39 is 18.0 Å². The number of nitrogens with two attached hydrogens (primary N) is 1. The van der Waals surface area contributed by atoms with Crippen LogP contribution in [0.1, 0.15) is 12.6 Å². The molecule has 31 heavy (non-hydrogen) atoms. The van der Waals surface area contributed by atoms with Gasteiger partial charge < -0.3 is 25.4 Å². The molecule has 10 nitrogen and oxygen atoms in total. The molecule has 160 valence electrons. The number of carbonyl (C=O) groups excluding carboxylic acids is 2. The topological polar surface area (TPSA) is 135 Å². The van der Waals surface area contributed by atoms with Gasteiger partial charge in [0.1, 0.15) is 23.3 Å². The van der Waals surface area contributed by atoms with Crippen LogP contribution in [0.4, 0.5) is 14.9 Å². The fourth-order valence-corrected chi connectivity index (χ4v) is 3.33. The minimum absolute atomic E-state index is 0.130. The van der Waals surface area contributed by atoms with Crippen LogP contribution in [0.15, 0.2) is 47.9 Å². The van der Waals surface area contributed by atoms with E-state index in [0.29, 0.717) is 22.5 Å². The second-order valence-electron chi connectivity index (χ2n) is 7.01. The van der Waals surface area contributed by atoms with Crippen molar-refractivity contribution in [3.63, 3.8) is 0 Å². The fourth-order valence-electron chi connectivity index (χ4n) is 3.33. The molecule has 0 saturated carbocycles. The second-order valence-corrected chi connectivity index (χ2v) is 7.01. The average molecular weight is 426 g/mol. The van der Waals surface area contributed by atoms with Crippen LogP contribution in [0.2, 0.25) is 0 Å². The van der Waals surface area contributed by atoms with Crippen LogP contribution in [0.5, 0.6) is 0 Å². The molecule has 0 spiro atoms. The van der Waals surface area contributed by atoms with Gasteiger partial charge in [-0.3, -0.25) is 9.69 Å². The van der Waals surface area contributed by atoms with Gasteiger partial charge in [-0.1, -0.05) is 5.16 Å². The maximum absolute atomic E-state index is 14.9. The summed E-state index contributed by atoms with van der Waals surface area (Å²) in [4.78, 5) is 28.7. The van der Waals surface area contributed by atoms with E-state index >= 15 is 0 Å². The third kappa shape index (κ3) is 3.97. The van der Waals surface area contributed by atoms with Crippen molar-refractivity contribution in [3.8, 4) is 11.1 Å². The summed E-state index contributed by atoms with van der Waals surface area (Å²) >= 11 is 0. The smallest absolute Gasteiger partial charge is 0.414 e. The number of ether oxygens (including phenoxy) is 1. The predicted octanol–water partition coefficient (Wildman–Crippen LogP) is 1.70. The molecule has 1 fully saturated rings. The number of anilines is 1. The third-order valence-electron chi connectivity index (χ3n) is 4.85. The summed E-state index contributed by atoms with van der Waals surface area (Å²) in [6, 6.07) is 7.84. The standard InChI is InChI=1S/C20H19FN6O4/c1-11(28)23-7-14-9-27(20(29)31-14)13-3-4-15(16(21)6-13)12-2-5-18-24-17(19(22)25-30)10-26(18)8-12/h2-6,8,10,14,30H,7,9H2,1H3,(H2,22,25)(H,23,28)/t14-/m1/s1. The van der Waals surface area contributed by atoms with Crippen LogP contribution in [-0.2, 0) is 9.53 Å². The summed E-state index contributed by atoms with van der Waals surface area (Å²) < 4.78 is 21.8. The molecule has 3 aromatic rings. The number of nitrogens with one attached hydrogen (secondary N) is 1. The number of fused-ring (bicyclic) bond motifs is 1.